The average molecular weight is 339 g/mol. The van der Waals surface area contributed by atoms with Gasteiger partial charge in [0.15, 0.2) is 0 Å². The third kappa shape index (κ3) is 4.68. The van der Waals surface area contributed by atoms with Crippen LogP contribution >= 0.6 is 0 Å². The number of hydrogen-bond donors (Lipinski definition) is 2. The second-order valence-corrected chi connectivity index (χ2v) is 6.27. The summed E-state index contributed by atoms with van der Waals surface area (Å²) < 4.78 is 0. The number of piperidine rings is 1. The van der Waals surface area contributed by atoms with Crippen molar-refractivity contribution in [3.8, 4) is 0 Å². The fraction of sp³-hybridized carbons (Fsp3) is 0.421. The smallest absolute Gasteiger partial charge is 0.251 e. The molecular formula is C19H25N5O. The summed E-state index contributed by atoms with van der Waals surface area (Å²) in [7, 11) is 1.64. The summed E-state index contributed by atoms with van der Waals surface area (Å²) in [6.45, 7) is 2.90. The molecule has 1 aliphatic heterocycles. The predicted octanol–water partition coefficient (Wildman–Crippen LogP) is 2.48. The van der Waals surface area contributed by atoms with E-state index in [2.05, 4.69) is 25.5 Å². The zero-order valence-electron chi connectivity index (χ0n) is 14.7. The summed E-state index contributed by atoms with van der Waals surface area (Å²) in [6.07, 6.45) is 6.22. The first-order chi connectivity index (χ1) is 12.3. The first-order valence-corrected chi connectivity index (χ1v) is 8.88. The molecule has 2 N–H and O–H groups in total. The van der Waals surface area contributed by atoms with Crippen molar-refractivity contribution in [3.05, 3.63) is 47.8 Å². The Morgan fingerprint density at radius 2 is 2.00 bits per heavy atom. The van der Waals surface area contributed by atoms with Crippen LogP contribution in [-0.4, -0.2) is 42.6 Å². The van der Waals surface area contributed by atoms with Crippen molar-refractivity contribution < 1.29 is 4.79 Å². The number of anilines is 2. The number of hydrogen-bond acceptors (Lipinski definition) is 5. The van der Waals surface area contributed by atoms with Gasteiger partial charge in [-0.2, -0.15) is 0 Å². The predicted molar refractivity (Wildman–Crippen MR) is 100 cm³/mol. The number of rotatable bonds is 6. The number of carbonyl (C=O) groups is 1. The largest absolute Gasteiger partial charge is 0.370 e. The highest BCUT2D eigenvalue weighted by Gasteiger charge is 2.12. The molecule has 6 nitrogen and oxygen atoms in total. The Morgan fingerprint density at radius 3 is 2.80 bits per heavy atom. The molecule has 0 atom stereocenters. The van der Waals surface area contributed by atoms with E-state index in [9.17, 15) is 4.79 Å². The summed E-state index contributed by atoms with van der Waals surface area (Å²) in [5, 5.41) is 6.01. The Morgan fingerprint density at radius 1 is 1.16 bits per heavy atom. The Bertz CT molecular complexity index is 712. The van der Waals surface area contributed by atoms with Crippen molar-refractivity contribution in [2.45, 2.75) is 25.7 Å². The third-order valence-corrected chi connectivity index (χ3v) is 4.47. The van der Waals surface area contributed by atoms with Crippen molar-refractivity contribution in [2.24, 2.45) is 0 Å². The van der Waals surface area contributed by atoms with Gasteiger partial charge in [0, 0.05) is 38.3 Å². The second kappa shape index (κ2) is 8.46. The fourth-order valence-electron chi connectivity index (χ4n) is 3.09. The molecule has 0 aliphatic carbocycles. The number of amides is 1. The topological polar surface area (TPSA) is 70.2 Å². The van der Waals surface area contributed by atoms with E-state index in [1.807, 2.05) is 30.3 Å². The molecule has 3 rings (SSSR count). The first-order valence-electron chi connectivity index (χ1n) is 8.88. The van der Waals surface area contributed by atoms with Gasteiger partial charge in [-0.3, -0.25) is 4.79 Å². The van der Waals surface area contributed by atoms with Crippen LogP contribution in [-0.2, 0) is 6.42 Å². The molecule has 1 amide bonds. The molecular weight excluding hydrogens is 314 g/mol. The van der Waals surface area contributed by atoms with E-state index in [-0.39, 0.29) is 5.91 Å². The summed E-state index contributed by atoms with van der Waals surface area (Å²) in [5.41, 5.74) is 1.81. The Balaban J connectivity index is 1.56. The summed E-state index contributed by atoms with van der Waals surface area (Å²) in [6, 6.07) is 9.73. The van der Waals surface area contributed by atoms with Crippen LogP contribution in [0.2, 0.25) is 0 Å². The van der Waals surface area contributed by atoms with Crippen LogP contribution in [0.15, 0.2) is 36.7 Å². The number of nitrogens with zero attached hydrogens (tertiary/aromatic N) is 3. The van der Waals surface area contributed by atoms with Gasteiger partial charge in [0.25, 0.3) is 5.91 Å². The number of benzene rings is 1. The lowest BCUT2D eigenvalue weighted by Gasteiger charge is -2.27. The van der Waals surface area contributed by atoms with Crippen LogP contribution in [0.25, 0.3) is 0 Å². The van der Waals surface area contributed by atoms with Crippen LogP contribution in [0.1, 0.15) is 35.2 Å². The zero-order valence-corrected chi connectivity index (χ0v) is 14.7. The lowest BCUT2D eigenvalue weighted by atomic mass is 10.1. The fourth-order valence-corrected chi connectivity index (χ4v) is 3.09. The van der Waals surface area contributed by atoms with E-state index in [1.165, 1.54) is 19.3 Å². The minimum Gasteiger partial charge on any atom is -0.370 e. The average Bonchev–Trinajstić information content (AvgIpc) is 2.68. The van der Waals surface area contributed by atoms with Crippen molar-refractivity contribution in [1.82, 2.24) is 15.3 Å². The van der Waals surface area contributed by atoms with Crippen LogP contribution in [0.5, 0.6) is 0 Å². The van der Waals surface area contributed by atoms with Gasteiger partial charge in [0.05, 0.1) is 0 Å². The van der Waals surface area contributed by atoms with Crippen molar-refractivity contribution in [1.29, 1.82) is 0 Å². The minimum absolute atomic E-state index is 0.0585. The Labute approximate surface area is 148 Å². The normalized spacial score (nSPS) is 14.2. The standard InChI is InChI=1S/C19H25N5O/c1-20-19(25)16-7-5-6-15(12-16)8-9-21-17-13-18(23-14-22-17)24-10-3-2-4-11-24/h5-7,12-14H,2-4,8-11H2,1H3,(H,20,25)(H,21,22,23). The quantitative estimate of drug-likeness (QED) is 0.846. The minimum atomic E-state index is -0.0585. The Hall–Kier alpha value is -2.63. The zero-order chi connectivity index (χ0) is 17.5. The third-order valence-electron chi connectivity index (χ3n) is 4.47. The molecule has 132 valence electrons. The van der Waals surface area contributed by atoms with Gasteiger partial charge in [-0.25, -0.2) is 9.97 Å². The van der Waals surface area contributed by atoms with Gasteiger partial charge in [-0.1, -0.05) is 12.1 Å². The number of carbonyl (C=O) groups excluding carboxylic acids is 1. The van der Waals surface area contributed by atoms with Gasteiger partial charge in [-0.05, 0) is 43.4 Å². The molecule has 0 unspecified atom stereocenters. The summed E-state index contributed by atoms with van der Waals surface area (Å²) >= 11 is 0. The van der Waals surface area contributed by atoms with E-state index < -0.39 is 0 Å². The number of aromatic nitrogens is 2. The molecule has 1 aromatic carbocycles. The highest BCUT2D eigenvalue weighted by Crippen LogP contribution is 2.19. The number of nitrogens with one attached hydrogen (secondary N) is 2. The molecule has 0 radical (unpaired) electrons. The summed E-state index contributed by atoms with van der Waals surface area (Å²) in [5.74, 6) is 1.79. The lowest BCUT2D eigenvalue weighted by molar-refractivity contribution is 0.0963. The lowest BCUT2D eigenvalue weighted by Crippen LogP contribution is -2.30. The van der Waals surface area contributed by atoms with Gasteiger partial charge in [0.2, 0.25) is 0 Å². The molecule has 1 saturated heterocycles. The Kier molecular flexibility index (Phi) is 5.82. The van der Waals surface area contributed by atoms with E-state index in [0.717, 1.165) is 43.3 Å². The first kappa shape index (κ1) is 17.2. The molecule has 1 aliphatic rings. The highest BCUT2D eigenvalue weighted by atomic mass is 16.1. The van der Waals surface area contributed by atoms with Gasteiger partial charge >= 0.3 is 0 Å². The monoisotopic (exact) mass is 339 g/mol. The maximum absolute atomic E-state index is 11.7. The van der Waals surface area contributed by atoms with Crippen molar-refractivity contribution in [3.63, 3.8) is 0 Å². The molecule has 1 fully saturated rings. The van der Waals surface area contributed by atoms with Crippen LogP contribution < -0.4 is 15.5 Å². The van der Waals surface area contributed by atoms with E-state index in [4.69, 9.17) is 0 Å². The maximum Gasteiger partial charge on any atom is 0.251 e. The van der Waals surface area contributed by atoms with Gasteiger partial charge < -0.3 is 15.5 Å². The van der Waals surface area contributed by atoms with E-state index >= 15 is 0 Å². The van der Waals surface area contributed by atoms with E-state index in [1.54, 1.807) is 13.4 Å². The molecule has 0 bridgehead atoms. The second-order valence-electron chi connectivity index (χ2n) is 6.27. The molecule has 1 aromatic heterocycles. The van der Waals surface area contributed by atoms with Crippen LogP contribution in [0, 0.1) is 0 Å². The molecule has 2 aromatic rings. The van der Waals surface area contributed by atoms with Gasteiger partial charge in [0.1, 0.15) is 18.0 Å². The van der Waals surface area contributed by atoms with Gasteiger partial charge in [-0.15, -0.1) is 0 Å². The van der Waals surface area contributed by atoms with Crippen LogP contribution in [0.3, 0.4) is 0 Å². The van der Waals surface area contributed by atoms with Crippen molar-refractivity contribution >= 4 is 17.5 Å². The molecule has 2 heterocycles. The molecule has 0 spiro atoms. The summed E-state index contributed by atoms with van der Waals surface area (Å²) in [4.78, 5) is 22.7. The molecule has 25 heavy (non-hydrogen) atoms. The SMILES string of the molecule is CNC(=O)c1cccc(CCNc2cc(N3CCCCC3)ncn2)c1. The molecule has 0 saturated carbocycles. The van der Waals surface area contributed by atoms with Crippen molar-refractivity contribution in [2.75, 3.05) is 36.9 Å². The maximum atomic E-state index is 11.7. The van der Waals surface area contributed by atoms with Crippen LogP contribution in [0.4, 0.5) is 11.6 Å². The van der Waals surface area contributed by atoms with E-state index in [0.29, 0.717) is 5.56 Å². The highest BCUT2D eigenvalue weighted by molar-refractivity contribution is 5.94. The molecule has 6 heteroatoms.